The molecule has 0 N–H and O–H groups in total. The molecule has 2 aliphatic rings. The van der Waals surface area contributed by atoms with Crippen molar-refractivity contribution in [1.29, 1.82) is 5.26 Å². The average molecular weight is 1200 g/mol. The molecule has 16 nitrogen and oxygen atoms in total. The summed E-state index contributed by atoms with van der Waals surface area (Å²) >= 11 is 0. The molecule has 0 bridgehead atoms. The summed E-state index contributed by atoms with van der Waals surface area (Å²) in [6.07, 6.45) is -0.0666. The lowest BCUT2D eigenvalue weighted by atomic mass is 9.80. The first-order valence-corrected chi connectivity index (χ1v) is 31.7. The summed E-state index contributed by atoms with van der Waals surface area (Å²) < 4.78 is 78.7. The van der Waals surface area contributed by atoms with E-state index in [0.717, 1.165) is 47.5 Å². The highest BCUT2D eigenvalue weighted by Gasteiger charge is 2.48. The highest BCUT2D eigenvalue weighted by Crippen LogP contribution is 2.47. The standard InChI is InChI=1S/C69H91N2O14P/c1-48(2)71(49(3)4)86(81-45-25-40-70)80-44-22-14-21-42-77-67-52(7)50(5)64(85-66(73)55-28-17-12-18-29-55)62(83-67)47-78-68-53(8)51(6)63(84-65(72)54-26-15-11-16-27-54)61(82-68)46-76-41-23-24-43-79-69(56-30-19-13-20-31-56,57-32-36-59(74-9)37-33-57)58-34-38-60(75-10)39-35-58/h11-13,15-20,26-39,48-53,61-64,67-68H,14,21-25,41-47H2,1-10H3. The fourth-order valence-electron chi connectivity index (χ4n) is 11.1. The average Bonchev–Trinajstić information content (AvgIpc) is 1.09. The number of ether oxygens (including phenoxy) is 10. The maximum absolute atomic E-state index is 13.7. The number of methoxy groups -OCH3 is 2. The van der Waals surface area contributed by atoms with Crippen LogP contribution >= 0.6 is 8.53 Å². The van der Waals surface area contributed by atoms with Crippen LogP contribution in [0.2, 0.25) is 0 Å². The van der Waals surface area contributed by atoms with Gasteiger partial charge < -0.3 is 56.4 Å². The number of unbranched alkanes of at least 4 members (excludes halogenated alkanes) is 3. The van der Waals surface area contributed by atoms with Crippen LogP contribution in [0, 0.1) is 35.0 Å². The van der Waals surface area contributed by atoms with Gasteiger partial charge in [-0.15, -0.1) is 0 Å². The van der Waals surface area contributed by atoms with Crippen LogP contribution in [0.15, 0.2) is 140 Å². The maximum atomic E-state index is 13.7. The van der Waals surface area contributed by atoms with Crippen molar-refractivity contribution in [3.63, 3.8) is 0 Å². The van der Waals surface area contributed by atoms with Crippen LogP contribution < -0.4 is 9.47 Å². The number of nitrogens with zero attached hydrogens (tertiary/aromatic N) is 2. The van der Waals surface area contributed by atoms with E-state index < -0.39 is 63.1 Å². The van der Waals surface area contributed by atoms with Gasteiger partial charge in [0.2, 0.25) is 0 Å². The topological polar surface area (TPSA) is 172 Å². The molecule has 17 heteroatoms. The molecular formula is C69H91N2O14P. The van der Waals surface area contributed by atoms with Gasteiger partial charge in [-0.1, -0.05) is 119 Å². The molecule has 2 aliphatic heterocycles. The first-order valence-electron chi connectivity index (χ1n) is 30.5. The Morgan fingerprint density at radius 3 is 1.48 bits per heavy atom. The van der Waals surface area contributed by atoms with E-state index in [1.54, 1.807) is 62.8 Å². The van der Waals surface area contributed by atoms with Crippen LogP contribution in [0.3, 0.4) is 0 Å². The van der Waals surface area contributed by atoms with Crippen LogP contribution in [-0.2, 0) is 52.5 Å². The molecule has 2 fully saturated rings. The minimum Gasteiger partial charge on any atom is -0.497 e. The highest BCUT2D eigenvalue weighted by atomic mass is 31.2. The molecule has 2 saturated heterocycles. The third-order valence-electron chi connectivity index (χ3n) is 16.2. The molecule has 0 amide bonds. The number of benzene rings is 5. The molecule has 11 atom stereocenters. The van der Waals surface area contributed by atoms with E-state index in [0.29, 0.717) is 63.4 Å². The number of carbonyl (C=O) groups is 2. The van der Waals surface area contributed by atoms with Crippen LogP contribution in [0.25, 0.3) is 0 Å². The van der Waals surface area contributed by atoms with Crippen LogP contribution in [0.1, 0.15) is 131 Å². The second-order valence-electron chi connectivity index (χ2n) is 22.8. The summed E-state index contributed by atoms with van der Waals surface area (Å²) in [5.74, 6) is -0.212. The fraction of sp³-hybridized carbons (Fsp3) is 0.522. The van der Waals surface area contributed by atoms with Crippen molar-refractivity contribution in [3.8, 4) is 17.6 Å². The second kappa shape index (κ2) is 34.7. The SMILES string of the molecule is COc1ccc(C(OCCCCOCC2OC(OCC3OC(OCCCCCOP(OCCC#N)N(C(C)C)C(C)C)C(C)C(C)C3OC(=O)c3ccccc3)C(C)C(C)C2OC(=O)c2ccccc2)(c2ccccc2)c2ccc(OC)cc2)cc1. The Morgan fingerprint density at radius 1 is 0.535 bits per heavy atom. The van der Waals surface area contributed by atoms with Gasteiger partial charge >= 0.3 is 11.9 Å². The van der Waals surface area contributed by atoms with E-state index >= 15 is 0 Å². The van der Waals surface area contributed by atoms with E-state index in [1.165, 1.54) is 0 Å². The molecule has 0 radical (unpaired) electrons. The summed E-state index contributed by atoms with van der Waals surface area (Å²) in [5, 5.41) is 9.12. The first-order chi connectivity index (χ1) is 41.7. The monoisotopic (exact) mass is 1200 g/mol. The Bertz CT molecular complexity index is 2730. The van der Waals surface area contributed by atoms with Crippen LogP contribution in [0.4, 0.5) is 0 Å². The maximum Gasteiger partial charge on any atom is 0.338 e. The predicted molar refractivity (Wildman–Crippen MR) is 331 cm³/mol. The van der Waals surface area contributed by atoms with Crippen molar-refractivity contribution < 1.29 is 66.0 Å². The van der Waals surface area contributed by atoms with Gasteiger partial charge in [0, 0.05) is 55.6 Å². The van der Waals surface area contributed by atoms with E-state index in [-0.39, 0.29) is 49.0 Å². The Hall–Kier alpha value is -5.80. The van der Waals surface area contributed by atoms with Gasteiger partial charge in [0.05, 0.1) is 64.3 Å². The second-order valence-corrected chi connectivity index (χ2v) is 24.2. The van der Waals surface area contributed by atoms with Crippen molar-refractivity contribution in [3.05, 3.63) is 167 Å². The number of hydrogen-bond acceptors (Lipinski definition) is 16. The Balaban J connectivity index is 1.01. The van der Waals surface area contributed by atoms with Crippen molar-refractivity contribution in [2.75, 3.05) is 60.5 Å². The number of carbonyl (C=O) groups excluding carboxylic acids is 2. The van der Waals surface area contributed by atoms with Gasteiger partial charge in [0.15, 0.2) is 12.6 Å². The van der Waals surface area contributed by atoms with Crippen LogP contribution in [0.5, 0.6) is 11.5 Å². The number of esters is 2. The molecule has 86 heavy (non-hydrogen) atoms. The van der Waals surface area contributed by atoms with Gasteiger partial charge in [0.25, 0.3) is 8.53 Å². The van der Waals surface area contributed by atoms with E-state index in [1.807, 2.05) is 92.7 Å². The lowest BCUT2D eigenvalue weighted by Crippen LogP contribution is -2.56. The van der Waals surface area contributed by atoms with Gasteiger partial charge in [-0.2, -0.15) is 5.26 Å². The lowest BCUT2D eigenvalue weighted by Gasteiger charge is -2.46. The van der Waals surface area contributed by atoms with Gasteiger partial charge in [-0.05, 0) is 125 Å². The van der Waals surface area contributed by atoms with Gasteiger partial charge in [-0.25, -0.2) is 14.3 Å². The molecule has 11 unspecified atom stereocenters. The molecule has 0 spiro atoms. The zero-order valence-electron chi connectivity index (χ0n) is 52.0. The lowest BCUT2D eigenvalue weighted by molar-refractivity contribution is -0.304. The zero-order valence-corrected chi connectivity index (χ0v) is 52.9. The third kappa shape index (κ3) is 18.4. The number of hydrogen-bond donors (Lipinski definition) is 0. The molecule has 466 valence electrons. The Kier molecular flexibility index (Phi) is 27.3. The van der Waals surface area contributed by atoms with E-state index in [9.17, 15) is 9.59 Å². The number of nitriles is 1. The smallest absolute Gasteiger partial charge is 0.338 e. The summed E-state index contributed by atoms with van der Waals surface area (Å²) in [5.41, 5.74) is 2.79. The molecule has 0 aliphatic carbocycles. The Labute approximate surface area is 511 Å². The molecular weight excluding hydrogens is 1110 g/mol. The predicted octanol–water partition coefficient (Wildman–Crippen LogP) is 13.8. The quantitative estimate of drug-likeness (QED) is 0.0165. The normalized spacial score (nSPS) is 22.7. The Morgan fingerprint density at radius 2 is 0.977 bits per heavy atom. The minimum absolute atomic E-state index is 0.0193. The summed E-state index contributed by atoms with van der Waals surface area (Å²) in [6.45, 7) is 18.9. The number of rotatable bonds is 34. The van der Waals surface area contributed by atoms with Crippen molar-refractivity contribution in [1.82, 2.24) is 4.67 Å². The highest BCUT2D eigenvalue weighted by molar-refractivity contribution is 7.44. The van der Waals surface area contributed by atoms with Gasteiger partial charge in [-0.3, -0.25) is 0 Å². The molecule has 0 saturated carbocycles. The third-order valence-corrected chi connectivity index (χ3v) is 18.3. The molecule has 7 rings (SSSR count). The minimum atomic E-state index is -1.31. The largest absolute Gasteiger partial charge is 0.497 e. The summed E-state index contributed by atoms with van der Waals surface area (Å²) in [7, 11) is 2.00. The van der Waals surface area contributed by atoms with Crippen molar-refractivity contribution in [2.45, 2.75) is 149 Å². The van der Waals surface area contributed by atoms with Crippen molar-refractivity contribution >= 4 is 20.5 Å². The molecule has 0 aromatic heterocycles. The molecule has 5 aromatic carbocycles. The molecule has 2 heterocycles. The molecule has 5 aromatic rings. The summed E-state index contributed by atoms with van der Waals surface area (Å²) in [4.78, 5) is 27.5. The fourth-order valence-corrected chi connectivity index (χ4v) is 12.7. The van der Waals surface area contributed by atoms with Crippen LogP contribution in [-0.4, -0.2) is 126 Å². The van der Waals surface area contributed by atoms with Crippen molar-refractivity contribution in [2.24, 2.45) is 23.7 Å². The first kappa shape index (κ1) is 67.7. The summed E-state index contributed by atoms with van der Waals surface area (Å²) in [6, 6.07) is 46.6. The van der Waals surface area contributed by atoms with E-state index in [2.05, 4.69) is 64.4 Å². The van der Waals surface area contributed by atoms with Gasteiger partial charge in [0.1, 0.15) is 41.5 Å². The zero-order chi connectivity index (χ0) is 61.4. The van der Waals surface area contributed by atoms with E-state index in [4.69, 9.17) is 61.7 Å².